The Bertz CT molecular complexity index is 546. The second kappa shape index (κ2) is 8.28. The van der Waals surface area contributed by atoms with Gasteiger partial charge in [0.2, 0.25) is 0 Å². The van der Waals surface area contributed by atoms with Gasteiger partial charge in [0.1, 0.15) is 0 Å². The molecular formula is C18H19NS. The SMILES string of the molecule is S=C(CC/C=C/c1ccccc1)NCc1ccccc1. The van der Waals surface area contributed by atoms with Gasteiger partial charge in [-0.05, 0) is 17.5 Å². The highest BCUT2D eigenvalue weighted by Gasteiger charge is 1.95. The largest absolute Gasteiger partial charge is 0.376 e. The fraction of sp³-hybridized carbons (Fsp3) is 0.167. The minimum atomic E-state index is 0.808. The molecule has 0 fully saturated rings. The molecule has 0 aliphatic heterocycles. The van der Waals surface area contributed by atoms with Crippen molar-refractivity contribution in [1.29, 1.82) is 0 Å². The van der Waals surface area contributed by atoms with Crippen LogP contribution in [0.4, 0.5) is 0 Å². The molecule has 102 valence electrons. The van der Waals surface area contributed by atoms with Crippen LogP contribution in [0, 0.1) is 0 Å². The second-order valence-electron chi connectivity index (χ2n) is 4.61. The van der Waals surface area contributed by atoms with Crippen LogP contribution < -0.4 is 5.32 Å². The third-order valence-electron chi connectivity index (χ3n) is 2.98. The average Bonchev–Trinajstić information content (AvgIpc) is 2.52. The number of rotatable bonds is 6. The summed E-state index contributed by atoms with van der Waals surface area (Å²) in [5, 5.41) is 3.30. The van der Waals surface area contributed by atoms with Gasteiger partial charge in [0, 0.05) is 13.0 Å². The van der Waals surface area contributed by atoms with Crippen LogP contribution in [0.15, 0.2) is 66.7 Å². The van der Waals surface area contributed by atoms with Crippen molar-refractivity contribution in [3.05, 3.63) is 77.9 Å². The van der Waals surface area contributed by atoms with Crippen LogP contribution in [0.3, 0.4) is 0 Å². The van der Waals surface area contributed by atoms with Crippen LogP contribution in [0.25, 0.3) is 6.08 Å². The molecule has 0 aromatic heterocycles. The first-order valence-corrected chi connectivity index (χ1v) is 7.27. The van der Waals surface area contributed by atoms with Crippen LogP contribution in [-0.2, 0) is 6.54 Å². The summed E-state index contributed by atoms with van der Waals surface area (Å²) >= 11 is 5.34. The minimum absolute atomic E-state index is 0.808. The first kappa shape index (κ1) is 14.5. The molecule has 0 saturated carbocycles. The molecule has 0 spiro atoms. The van der Waals surface area contributed by atoms with Crippen molar-refractivity contribution in [3.8, 4) is 0 Å². The zero-order valence-electron chi connectivity index (χ0n) is 11.5. The van der Waals surface area contributed by atoms with E-state index in [0.717, 1.165) is 24.4 Å². The van der Waals surface area contributed by atoms with E-state index in [9.17, 15) is 0 Å². The maximum Gasteiger partial charge on any atom is 0.0759 e. The van der Waals surface area contributed by atoms with Gasteiger partial charge >= 0.3 is 0 Å². The normalized spacial score (nSPS) is 10.6. The number of benzene rings is 2. The highest BCUT2D eigenvalue weighted by atomic mass is 32.1. The van der Waals surface area contributed by atoms with Crippen molar-refractivity contribution < 1.29 is 0 Å². The van der Waals surface area contributed by atoms with Crippen molar-refractivity contribution in [3.63, 3.8) is 0 Å². The van der Waals surface area contributed by atoms with Gasteiger partial charge in [-0.25, -0.2) is 0 Å². The summed E-state index contributed by atoms with van der Waals surface area (Å²) in [6, 6.07) is 20.6. The Morgan fingerprint density at radius 1 is 0.950 bits per heavy atom. The van der Waals surface area contributed by atoms with E-state index < -0.39 is 0 Å². The Morgan fingerprint density at radius 2 is 1.60 bits per heavy atom. The second-order valence-corrected chi connectivity index (χ2v) is 5.11. The lowest BCUT2D eigenvalue weighted by atomic mass is 10.2. The van der Waals surface area contributed by atoms with E-state index in [1.807, 2.05) is 36.4 Å². The summed E-state index contributed by atoms with van der Waals surface area (Å²) in [5.74, 6) is 0. The van der Waals surface area contributed by atoms with Crippen molar-refractivity contribution in [2.24, 2.45) is 0 Å². The van der Waals surface area contributed by atoms with Gasteiger partial charge in [-0.1, -0.05) is 85.0 Å². The molecule has 0 heterocycles. The molecule has 20 heavy (non-hydrogen) atoms. The minimum Gasteiger partial charge on any atom is -0.376 e. The van der Waals surface area contributed by atoms with E-state index >= 15 is 0 Å². The van der Waals surface area contributed by atoms with Crippen molar-refractivity contribution >= 4 is 23.3 Å². The summed E-state index contributed by atoms with van der Waals surface area (Å²) in [6.07, 6.45) is 6.17. The van der Waals surface area contributed by atoms with E-state index in [4.69, 9.17) is 12.2 Å². The van der Waals surface area contributed by atoms with Gasteiger partial charge in [0.25, 0.3) is 0 Å². The third kappa shape index (κ3) is 5.37. The average molecular weight is 281 g/mol. The highest BCUT2D eigenvalue weighted by Crippen LogP contribution is 2.04. The molecule has 2 aromatic rings. The monoisotopic (exact) mass is 281 g/mol. The number of allylic oxidation sites excluding steroid dienone is 1. The number of thiocarbonyl (C=S) groups is 1. The molecule has 1 N–H and O–H groups in total. The third-order valence-corrected chi connectivity index (χ3v) is 3.33. The molecule has 0 atom stereocenters. The molecule has 0 radical (unpaired) electrons. The maximum absolute atomic E-state index is 5.34. The molecular weight excluding hydrogens is 262 g/mol. The number of nitrogens with one attached hydrogen (secondary N) is 1. The molecule has 1 nitrogen and oxygen atoms in total. The summed E-state index contributed by atoms with van der Waals surface area (Å²) in [5.41, 5.74) is 2.49. The lowest BCUT2D eigenvalue weighted by Crippen LogP contribution is -2.20. The van der Waals surface area contributed by atoms with Gasteiger partial charge in [0.15, 0.2) is 0 Å². The predicted octanol–water partition coefficient (Wildman–Crippen LogP) is 4.60. The first-order valence-electron chi connectivity index (χ1n) is 6.87. The quantitative estimate of drug-likeness (QED) is 0.777. The molecule has 2 heteroatoms. The molecule has 0 aliphatic rings. The Hall–Kier alpha value is -1.93. The van der Waals surface area contributed by atoms with E-state index in [2.05, 4.69) is 41.7 Å². The smallest absolute Gasteiger partial charge is 0.0759 e. The van der Waals surface area contributed by atoms with E-state index in [0.29, 0.717) is 0 Å². The lowest BCUT2D eigenvalue weighted by Gasteiger charge is -2.06. The molecule has 0 saturated heterocycles. The molecule has 0 aliphatic carbocycles. The van der Waals surface area contributed by atoms with Crippen LogP contribution in [0.2, 0.25) is 0 Å². The summed E-state index contributed by atoms with van der Waals surface area (Å²) < 4.78 is 0. The fourth-order valence-corrected chi connectivity index (χ4v) is 2.07. The highest BCUT2D eigenvalue weighted by molar-refractivity contribution is 7.80. The molecule has 0 bridgehead atoms. The van der Waals surface area contributed by atoms with Crippen LogP contribution in [-0.4, -0.2) is 4.99 Å². The van der Waals surface area contributed by atoms with Crippen LogP contribution in [0.1, 0.15) is 24.0 Å². The lowest BCUT2D eigenvalue weighted by molar-refractivity contribution is 0.894. The van der Waals surface area contributed by atoms with Crippen molar-refractivity contribution in [2.45, 2.75) is 19.4 Å². The maximum atomic E-state index is 5.34. The number of hydrogen-bond donors (Lipinski definition) is 1. The Labute approximate surface area is 126 Å². The summed E-state index contributed by atoms with van der Waals surface area (Å²) in [4.78, 5) is 0.923. The van der Waals surface area contributed by atoms with Gasteiger partial charge in [-0.2, -0.15) is 0 Å². The van der Waals surface area contributed by atoms with Crippen molar-refractivity contribution in [1.82, 2.24) is 5.32 Å². The fourth-order valence-electron chi connectivity index (χ4n) is 1.88. The first-order chi connectivity index (χ1) is 9.84. The number of hydrogen-bond acceptors (Lipinski definition) is 1. The topological polar surface area (TPSA) is 12.0 Å². The Kier molecular flexibility index (Phi) is 6.00. The zero-order chi connectivity index (χ0) is 14.0. The van der Waals surface area contributed by atoms with E-state index in [1.54, 1.807) is 0 Å². The van der Waals surface area contributed by atoms with Crippen molar-refractivity contribution in [2.75, 3.05) is 0 Å². The Morgan fingerprint density at radius 3 is 2.30 bits per heavy atom. The van der Waals surface area contributed by atoms with Gasteiger partial charge in [-0.15, -0.1) is 0 Å². The zero-order valence-corrected chi connectivity index (χ0v) is 12.3. The van der Waals surface area contributed by atoms with E-state index in [1.165, 1.54) is 11.1 Å². The molecule has 0 unspecified atom stereocenters. The summed E-state index contributed by atoms with van der Waals surface area (Å²) in [7, 11) is 0. The molecule has 2 aromatic carbocycles. The van der Waals surface area contributed by atoms with Crippen LogP contribution >= 0.6 is 12.2 Å². The van der Waals surface area contributed by atoms with Crippen LogP contribution in [0.5, 0.6) is 0 Å². The molecule has 2 rings (SSSR count). The van der Waals surface area contributed by atoms with Gasteiger partial charge in [0.05, 0.1) is 4.99 Å². The van der Waals surface area contributed by atoms with E-state index in [-0.39, 0.29) is 0 Å². The predicted molar refractivity (Wildman–Crippen MR) is 90.6 cm³/mol. The van der Waals surface area contributed by atoms with Gasteiger partial charge < -0.3 is 5.32 Å². The van der Waals surface area contributed by atoms with Gasteiger partial charge in [-0.3, -0.25) is 0 Å². The standard InChI is InChI=1S/C18H19NS/c20-18(19-15-17-12-5-2-6-13-17)14-8-7-11-16-9-3-1-4-10-16/h1-7,9-13H,8,14-15H2,(H,19,20)/b11-7+. The molecule has 0 amide bonds. The summed E-state index contributed by atoms with van der Waals surface area (Å²) in [6.45, 7) is 0.808. The Balaban J connectivity index is 1.67.